The molecule has 3 aromatic rings. The Morgan fingerprint density at radius 3 is 2.02 bits per heavy atom. The zero-order valence-electron chi connectivity index (χ0n) is 33.3. The Balaban J connectivity index is 1.55. The van der Waals surface area contributed by atoms with Gasteiger partial charge in [0.25, 0.3) is 0 Å². The molecule has 5 rings (SSSR count). The number of pyridine rings is 1. The SMILES string of the molecule is CC(C)(C)OC(=O)N1[C@@H]2CC[C@H]1CC(c1cc(N(COCC[Si](C)(C)C)COCC[Si](C)(C)C)n3ncc(-c4cnc(C(C)(C)O)c(F)c4)c3n1)C2. The van der Waals surface area contributed by atoms with Gasteiger partial charge in [-0.15, -0.1) is 0 Å². The fourth-order valence-electron chi connectivity index (χ4n) is 6.95. The Hall–Kier alpha value is -2.92. The van der Waals surface area contributed by atoms with Gasteiger partial charge in [-0.05, 0) is 78.5 Å². The Kier molecular flexibility index (Phi) is 12.0. The van der Waals surface area contributed by atoms with Crippen LogP contribution in [0.5, 0.6) is 0 Å². The molecule has 1 amide bonds. The van der Waals surface area contributed by atoms with Crippen molar-refractivity contribution in [2.75, 3.05) is 31.6 Å². The standard InChI is InChI=1S/C38H61FN6O5Si2/c1-37(2,3)50-36(46)44-28-12-13-29(44)19-26(18-28)32-21-33(43(24-48-14-16-51(6,7)8)25-49-15-17-52(9,10)11)45-35(42-32)30(23-41-45)27-20-31(39)34(40-22-27)38(4,5)47/h20-23,26,28-29,47H,12-19,24-25H2,1-11H3/t26?,28-,29+. The number of nitrogens with zero attached hydrogens (tertiary/aromatic N) is 6. The molecule has 0 saturated carbocycles. The van der Waals surface area contributed by atoms with Gasteiger partial charge >= 0.3 is 6.09 Å². The van der Waals surface area contributed by atoms with Gasteiger partial charge in [0.2, 0.25) is 0 Å². The van der Waals surface area contributed by atoms with Crippen LogP contribution in [0.1, 0.15) is 77.6 Å². The van der Waals surface area contributed by atoms with Gasteiger partial charge in [0, 0.05) is 76.4 Å². The van der Waals surface area contributed by atoms with E-state index in [9.17, 15) is 9.90 Å². The summed E-state index contributed by atoms with van der Waals surface area (Å²) in [6.45, 7) is 24.7. The second kappa shape index (κ2) is 15.4. The highest BCUT2D eigenvalue weighted by Crippen LogP contribution is 2.44. The second-order valence-corrected chi connectivity index (χ2v) is 29.9. The summed E-state index contributed by atoms with van der Waals surface area (Å²) in [7, 11) is -2.62. The number of fused-ring (bicyclic) bond motifs is 3. The van der Waals surface area contributed by atoms with Crippen molar-refractivity contribution in [3.8, 4) is 11.1 Å². The first-order valence-electron chi connectivity index (χ1n) is 18.8. The Labute approximate surface area is 311 Å². The lowest BCUT2D eigenvalue weighted by molar-refractivity contribution is 0.00567. The molecule has 1 N–H and O–H groups in total. The Bertz CT molecular complexity index is 1680. The number of hydrogen-bond acceptors (Lipinski definition) is 9. The molecular weight excluding hydrogens is 696 g/mol. The molecule has 0 spiro atoms. The third-order valence-electron chi connectivity index (χ3n) is 9.77. The summed E-state index contributed by atoms with van der Waals surface area (Å²) < 4.78 is 35.6. The maximum absolute atomic E-state index is 15.4. The van der Waals surface area contributed by atoms with Crippen molar-refractivity contribution in [3.05, 3.63) is 41.7 Å². The molecule has 3 aromatic heterocycles. The van der Waals surface area contributed by atoms with Crippen LogP contribution < -0.4 is 4.90 Å². The topological polar surface area (TPSA) is 115 Å². The fraction of sp³-hybridized carbons (Fsp3) is 0.684. The van der Waals surface area contributed by atoms with Crippen LogP contribution in [0.15, 0.2) is 24.5 Å². The predicted octanol–water partition coefficient (Wildman–Crippen LogP) is 8.23. The Morgan fingerprint density at radius 1 is 0.942 bits per heavy atom. The molecule has 52 heavy (non-hydrogen) atoms. The summed E-state index contributed by atoms with van der Waals surface area (Å²) in [5.41, 5.74) is 0.588. The number of aromatic nitrogens is 4. The van der Waals surface area contributed by atoms with Gasteiger partial charge in [-0.3, -0.25) is 4.98 Å². The first kappa shape index (κ1) is 40.3. The van der Waals surface area contributed by atoms with E-state index in [4.69, 9.17) is 24.3 Å². The van der Waals surface area contributed by atoms with E-state index in [1.165, 1.54) is 19.9 Å². The van der Waals surface area contributed by atoms with Crippen LogP contribution in [0.25, 0.3) is 16.8 Å². The Morgan fingerprint density at radius 2 is 1.52 bits per heavy atom. The van der Waals surface area contributed by atoms with Gasteiger partial charge < -0.3 is 29.1 Å². The highest BCUT2D eigenvalue weighted by Gasteiger charge is 2.45. The summed E-state index contributed by atoms with van der Waals surface area (Å²) in [4.78, 5) is 26.9. The lowest BCUT2D eigenvalue weighted by atomic mass is 9.88. The first-order chi connectivity index (χ1) is 24.1. The monoisotopic (exact) mass is 756 g/mol. The van der Waals surface area contributed by atoms with Gasteiger partial charge in [0.15, 0.2) is 5.65 Å². The third-order valence-corrected chi connectivity index (χ3v) is 13.2. The number of hydrogen-bond donors (Lipinski definition) is 1. The minimum Gasteiger partial charge on any atom is -0.444 e. The van der Waals surface area contributed by atoms with Crippen molar-refractivity contribution >= 4 is 33.7 Å². The number of rotatable bonds is 14. The molecule has 1 unspecified atom stereocenters. The van der Waals surface area contributed by atoms with E-state index in [2.05, 4.69) is 55.2 Å². The van der Waals surface area contributed by atoms with Crippen LogP contribution >= 0.6 is 0 Å². The summed E-state index contributed by atoms with van der Waals surface area (Å²) in [6.07, 6.45) is 6.39. The second-order valence-electron chi connectivity index (χ2n) is 18.6. The zero-order valence-corrected chi connectivity index (χ0v) is 35.3. The molecule has 2 bridgehead atoms. The summed E-state index contributed by atoms with van der Waals surface area (Å²) in [6, 6.07) is 5.68. The van der Waals surface area contributed by atoms with E-state index < -0.39 is 33.2 Å². The lowest BCUT2D eigenvalue weighted by Crippen LogP contribution is -2.48. The number of aliphatic hydroxyl groups is 1. The maximum Gasteiger partial charge on any atom is 0.410 e. The molecule has 5 heterocycles. The number of halogens is 1. The van der Waals surface area contributed by atoms with Crippen molar-refractivity contribution in [3.63, 3.8) is 0 Å². The average molecular weight is 757 g/mol. The molecule has 14 heteroatoms. The molecule has 2 saturated heterocycles. The van der Waals surface area contributed by atoms with Crippen molar-refractivity contribution in [2.24, 2.45) is 0 Å². The number of amides is 1. The van der Waals surface area contributed by atoms with Gasteiger partial charge in [-0.25, -0.2) is 14.2 Å². The van der Waals surface area contributed by atoms with Crippen LogP contribution in [-0.2, 0) is 19.8 Å². The average Bonchev–Trinajstić information content (AvgIpc) is 3.55. The van der Waals surface area contributed by atoms with E-state index in [1.807, 2.05) is 25.7 Å². The van der Waals surface area contributed by atoms with Crippen molar-refractivity contribution < 1.29 is 28.5 Å². The molecule has 0 radical (unpaired) electrons. The molecule has 288 valence electrons. The molecule has 11 nitrogen and oxygen atoms in total. The summed E-state index contributed by atoms with van der Waals surface area (Å²) in [5.74, 6) is 0.258. The molecule has 0 aliphatic carbocycles. The summed E-state index contributed by atoms with van der Waals surface area (Å²) >= 11 is 0. The van der Waals surface area contributed by atoms with E-state index >= 15 is 4.39 Å². The molecule has 2 aliphatic heterocycles. The number of anilines is 1. The minimum absolute atomic E-state index is 0.0219. The molecule has 0 aromatic carbocycles. The van der Waals surface area contributed by atoms with Crippen LogP contribution in [0.4, 0.5) is 15.0 Å². The highest BCUT2D eigenvalue weighted by atomic mass is 28.3. The van der Waals surface area contributed by atoms with E-state index in [-0.39, 0.29) is 29.8 Å². The fourth-order valence-corrected chi connectivity index (χ4v) is 8.46. The quantitative estimate of drug-likeness (QED) is 0.0987. The number of carbonyl (C=O) groups excluding carboxylic acids is 1. The minimum atomic E-state index is -1.43. The normalized spacial score (nSPS) is 19.8. The van der Waals surface area contributed by atoms with Crippen LogP contribution in [0, 0.1) is 5.82 Å². The van der Waals surface area contributed by atoms with E-state index in [1.54, 1.807) is 16.9 Å². The van der Waals surface area contributed by atoms with Gasteiger partial charge in [-0.2, -0.15) is 9.61 Å². The van der Waals surface area contributed by atoms with Gasteiger partial charge in [-0.1, -0.05) is 39.3 Å². The van der Waals surface area contributed by atoms with Crippen LogP contribution in [0.3, 0.4) is 0 Å². The number of ether oxygens (including phenoxy) is 3. The third kappa shape index (κ3) is 10.2. The van der Waals surface area contributed by atoms with E-state index in [0.29, 0.717) is 43.4 Å². The zero-order chi connectivity index (χ0) is 38.2. The molecule has 2 fully saturated rings. The van der Waals surface area contributed by atoms with E-state index in [0.717, 1.165) is 49.3 Å². The highest BCUT2D eigenvalue weighted by molar-refractivity contribution is 6.76. The number of carbonyl (C=O) groups is 1. The van der Waals surface area contributed by atoms with Gasteiger partial charge in [0.1, 0.15) is 42.0 Å². The first-order valence-corrected chi connectivity index (χ1v) is 26.2. The van der Waals surface area contributed by atoms with Crippen LogP contribution in [0.2, 0.25) is 51.4 Å². The molecular formula is C38H61FN6O5Si2. The summed E-state index contributed by atoms with van der Waals surface area (Å²) in [5, 5.41) is 15.3. The van der Waals surface area contributed by atoms with Gasteiger partial charge in [0.05, 0.1) is 6.20 Å². The largest absolute Gasteiger partial charge is 0.444 e. The van der Waals surface area contributed by atoms with Crippen LogP contribution in [-0.4, -0.2) is 96.2 Å². The lowest BCUT2D eigenvalue weighted by Gasteiger charge is -2.39. The van der Waals surface area contributed by atoms with Crippen molar-refractivity contribution in [1.82, 2.24) is 24.5 Å². The van der Waals surface area contributed by atoms with Crippen molar-refractivity contribution in [2.45, 2.75) is 141 Å². The van der Waals surface area contributed by atoms with Crippen molar-refractivity contribution in [1.29, 1.82) is 0 Å². The molecule has 3 atom stereocenters. The smallest absolute Gasteiger partial charge is 0.410 e. The molecule has 2 aliphatic rings. The number of piperidine rings is 1. The maximum atomic E-state index is 15.4. The predicted molar refractivity (Wildman–Crippen MR) is 209 cm³/mol.